The van der Waals surface area contributed by atoms with Crippen LogP contribution in [0.2, 0.25) is 0 Å². The minimum Gasteiger partial charge on any atom is -0.434 e. The number of hydrogen-bond donors (Lipinski definition) is 0. The van der Waals surface area contributed by atoms with E-state index in [1.165, 1.54) is 5.56 Å². The van der Waals surface area contributed by atoms with E-state index in [0.717, 1.165) is 11.9 Å². The standard InChI is InChI=1S/C11H10BrNO2/c1-2-7-3-4-10-8(5-7)13-11(15-10)9(14)6-12/h3-5H,2,6H2,1H3. The van der Waals surface area contributed by atoms with Gasteiger partial charge in [-0.2, -0.15) is 0 Å². The van der Waals surface area contributed by atoms with Crippen LogP contribution in [0.4, 0.5) is 0 Å². The maximum Gasteiger partial charge on any atom is 0.265 e. The van der Waals surface area contributed by atoms with Gasteiger partial charge in [-0.25, -0.2) is 4.98 Å². The van der Waals surface area contributed by atoms with Crippen molar-refractivity contribution < 1.29 is 9.21 Å². The molecule has 0 atom stereocenters. The number of carbonyl (C=O) groups excluding carboxylic acids is 1. The Morgan fingerprint density at radius 3 is 3.00 bits per heavy atom. The number of nitrogens with zero attached hydrogens (tertiary/aromatic N) is 1. The zero-order chi connectivity index (χ0) is 10.8. The average molecular weight is 268 g/mol. The molecule has 0 aliphatic heterocycles. The first-order valence-corrected chi connectivity index (χ1v) is 5.85. The maximum absolute atomic E-state index is 11.3. The molecule has 1 aromatic heterocycles. The molecule has 0 aliphatic carbocycles. The highest BCUT2D eigenvalue weighted by Gasteiger charge is 2.12. The van der Waals surface area contributed by atoms with E-state index >= 15 is 0 Å². The first kappa shape index (κ1) is 10.4. The lowest BCUT2D eigenvalue weighted by Crippen LogP contribution is -1.99. The first-order valence-electron chi connectivity index (χ1n) is 4.73. The molecule has 1 aromatic carbocycles. The summed E-state index contributed by atoms with van der Waals surface area (Å²) >= 11 is 3.09. The van der Waals surface area contributed by atoms with Gasteiger partial charge in [0.1, 0.15) is 5.52 Å². The number of rotatable bonds is 3. The number of benzene rings is 1. The molecule has 15 heavy (non-hydrogen) atoms. The van der Waals surface area contributed by atoms with E-state index in [4.69, 9.17) is 4.42 Å². The third-order valence-electron chi connectivity index (χ3n) is 2.22. The van der Waals surface area contributed by atoms with Crippen LogP contribution in [0.25, 0.3) is 11.1 Å². The normalized spacial score (nSPS) is 10.8. The summed E-state index contributed by atoms with van der Waals surface area (Å²) in [4.78, 5) is 15.5. The van der Waals surface area contributed by atoms with Crippen LogP contribution in [0.5, 0.6) is 0 Å². The van der Waals surface area contributed by atoms with E-state index < -0.39 is 0 Å². The Bertz CT molecular complexity index is 504. The van der Waals surface area contributed by atoms with Crippen LogP contribution in [-0.2, 0) is 6.42 Å². The van der Waals surface area contributed by atoms with Gasteiger partial charge in [0, 0.05) is 0 Å². The lowest BCUT2D eigenvalue weighted by atomic mass is 10.1. The molecule has 2 aromatic rings. The Morgan fingerprint density at radius 1 is 1.53 bits per heavy atom. The number of fused-ring (bicyclic) bond motifs is 1. The summed E-state index contributed by atoms with van der Waals surface area (Å²) in [6.45, 7) is 2.08. The molecule has 0 aliphatic rings. The summed E-state index contributed by atoms with van der Waals surface area (Å²) in [7, 11) is 0. The third-order valence-corrected chi connectivity index (χ3v) is 2.73. The number of aryl methyl sites for hydroxylation is 1. The molecule has 0 saturated carbocycles. The maximum atomic E-state index is 11.3. The molecule has 0 spiro atoms. The lowest BCUT2D eigenvalue weighted by Gasteiger charge is -1.92. The second-order valence-electron chi connectivity index (χ2n) is 3.23. The number of ketones is 1. The van der Waals surface area contributed by atoms with Gasteiger partial charge in [-0.3, -0.25) is 4.79 Å². The number of Topliss-reactive ketones (excluding diaryl/α,β-unsaturated/α-hetero) is 1. The highest BCUT2D eigenvalue weighted by Crippen LogP contribution is 2.18. The van der Waals surface area contributed by atoms with Crippen LogP contribution in [0.1, 0.15) is 23.2 Å². The average Bonchev–Trinajstić information content (AvgIpc) is 2.70. The predicted molar refractivity (Wildman–Crippen MR) is 61.5 cm³/mol. The quantitative estimate of drug-likeness (QED) is 0.635. The van der Waals surface area contributed by atoms with Crippen molar-refractivity contribution in [1.82, 2.24) is 4.98 Å². The monoisotopic (exact) mass is 267 g/mol. The zero-order valence-electron chi connectivity index (χ0n) is 8.29. The Labute approximate surface area is 95.6 Å². The SMILES string of the molecule is CCc1ccc2oc(C(=O)CBr)nc2c1. The van der Waals surface area contributed by atoms with Gasteiger partial charge in [0.2, 0.25) is 5.78 Å². The van der Waals surface area contributed by atoms with Gasteiger partial charge in [-0.05, 0) is 24.1 Å². The molecule has 0 fully saturated rings. The zero-order valence-corrected chi connectivity index (χ0v) is 9.87. The summed E-state index contributed by atoms with van der Waals surface area (Å²) in [5.74, 6) is 0.0411. The molecule has 0 N–H and O–H groups in total. The van der Waals surface area contributed by atoms with Crippen molar-refractivity contribution in [3.63, 3.8) is 0 Å². The fraction of sp³-hybridized carbons (Fsp3) is 0.273. The molecule has 78 valence electrons. The van der Waals surface area contributed by atoms with Gasteiger partial charge >= 0.3 is 0 Å². The molecule has 0 unspecified atom stereocenters. The van der Waals surface area contributed by atoms with Crippen molar-refractivity contribution >= 4 is 32.8 Å². The van der Waals surface area contributed by atoms with Crippen molar-refractivity contribution in [1.29, 1.82) is 0 Å². The van der Waals surface area contributed by atoms with Crippen molar-refractivity contribution in [3.8, 4) is 0 Å². The Kier molecular flexibility index (Phi) is 2.86. The number of oxazole rings is 1. The number of halogens is 1. The Morgan fingerprint density at radius 2 is 2.33 bits per heavy atom. The smallest absolute Gasteiger partial charge is 0.265 e. The molecular formula is C11H10BrNO2. The largest absolute Gasteiger partial charge is 0.434 e. The molecule has 4 heteroatoms. The third kappa shape index (κ3) is 1.95. The van der Waals surface area contributed by atoms with Crippen LogP contribution in [-0.4, -0.2) is 16.1 Å². The van der Waals surface area contributed by atoms with Crippen LogP contribution in [0.15, 0.2) is 22.6 Å². The number of hydrogen-bond acceptors (Lipinski definition) is 3. The second-order valence-corrected chi connectivity index (χ2v) is 3.79. The van der Waals surface area contributed by atoms with Gasteiger partial charge in [-0.15, -0.1) is 0 Å². The molecule has 0 bridgehead atoms. The minimum atomic E-state index is -0.135. The van der Waals surface area contributed by atoms with E-state index in [1.54, 1.807) is 0 Å². The summed E-state index contributed by atoms with van der Waals surface area (Å²) in [6, 6.07) is 5.78. The van der Waals surface area contributed by atoms with E-state index in [9.17, 15) is 4.79 Å². The van der Waals surface area contributed by atoms with Crippen LogP contribution >= 0.6 is 15.9 Å². The molecule has 1 heterocycles. The van der Waals surface area contributed by atoms with Crippen LogP contribution in [0, 0.1) is 0 Å². The number of aromatic nitrogens is 1. The van der Waals surface area contributed by atoms with E-state index in [-0.39, 0.29) is 17.0 Å². The molecule has 0 saturated heterocycles. The molecule has 0 amide bonds. The van der Waals surface area contributed by atoms with Crippen molar-refractivity contribution in [2.24, 2.45) is 0 Å². The Hall–Kier alpha value is -1.16. The second kappa shape index (κ2) is 4.14. The van der Waals surface area contributed by atoms with E-state index in [1.807, 2.05) is 18.2 Å². The fourth-order valence-corrected chi connectivity index (χ4v) is 1.61. The van der Waals surface area contributed by atoms with Gasteiger partial charge in [0.05, 0.1) is 5.33 Å². The van der Waals surface area contributed by atoms with E-state index in [2.05, 4.69) is 27.8 Å². The predicted octanol–water partition coefficient (Wildman–Crippen LogP) is 2.97. The summed E-state index contributed by atoms with van der Waals surface area (Å²) in [5, 5.41) is 0.237. The van der Waals surface area contributed by atoms with Gasteiger partial charge < -0.3 is 4.42 Å². The highest BCUT2D eigenvalue weighted by molar-refractivity contribution is 9.09. The van der Waals surface area contributed by atoms with Gasteiger partial charge in [0.15, 0.2) is 5.58 Å². The highest BCUT2D eigenvalue weighted by atomic mass is 79.9. The number of alkyl halides is 1. The fourth-order valence-electron chi connectivity index (χ4n) is 1.37. The van der Waals surface area contributed by atoms with Crippen LogP contribution in [0.3, 0.4) is 0 Å². The summed E-state index contributed by atoms with van der Waals surface area (Å²) in [5.41, 5.74) is 2.60. The molecule has 2 rings (SSSR count). The van der Waals surface area contributed by atoms with E-state index in [0.29, 0.717) is 5.58 Å². The van der Waals surface area contributed by atoms with Crippen LogP contribution < -0.4 is 0 Å². The molecular weight excluding hydrogens is 258 g/mol. The van der Waals surface area contributed by atoms with Gasteiger partial charge in [-0.1, -0.05) is 28.9 Å². The van der Waals surface area contributed by atoms with Crippen molar-refractivity contribution in [3.05, 3.63) is 29.7 Å². The van der Waals surface area contributed by atoms with Gasteiger partial charge in [0.25, 0.3) is 5.89 Å². The molecule has 0 radical (unpaired) electrons. The minimum absolute atomic E-state index is 0.135. The Balaban J connectivity index is 2.51. The van der Waals surface area contributed by atoms with Crippen molar-refractivity contribution in [2.45, 2.75) is 13.3 Å². The lowest BCUT2D eigenvalue weighted by molar-refractivity contribution is 0.0989. The topological polar surface area (TPSA) is 43.1 Å². The summed E-state index contributed by atoms with van der Waals surface area (Å²) < 4.78 is 5.33. The molecule has 3 nitrogen and oxygen atoms in total. The first-order chi connectivity index (χ1) is 7.24. The van der Waals surface area contributed by atoms with Crippen molar-refractivity contribution in [2.75, 3.05) is 5.33 Å². The summed E-state index contributed by atoms with van der Waals surface area (Å²) in [6.07, 6.45) is 0.949. The number of carbonyl (C=O) groups is 1.